The van der Waals surface area contributed by atoms with Crippen LogP contribution >= 0.6 is 27.3 Å². The Labute approximate surface area is 131 Å². The van der Waals surface area contributed by atoms with Crippen LogP contribution in [0.3, 0.4) is 0 Å². The fraction of sp³-hybridized carbons (Fsp3) is 0.231. The second kappa shape index (κ2) is 5.75. The topological polar surface area (TPSA) is 72.2 Å². The van der Waals surface area contributed by atoms with E-state index in [0.717, 1.165) is 20.6 Å². The summed E-state index contributed by atoms with van der Waals surface area (Å²) in [6.07, 6.45) is 0.815. The summed E-state index contributed by atoms with van der Waals surface area (Å²) in [5, 5.41) is 0. The molecule has 1 heterocycles. The minimum atomic E-state index is -3.58. The van der Waals surface area contributed by atoms with Crippen LogP contribution in [0.5, 0.6) is 0 Å². The standard InChI is InChI=1S/C13H15BrN2O2S2/c1-3-9-4-5-10(6-11(9)15)16-20(17,18)12-7-13(14)19-8(12)2/h4-7,16H,3,15H2,1-2H3. The summed E-state index contributed by atoms with van der Waals surface area (Å²) in [6.45, 7) is 3.78. The highest BCUT2D eigenvalue weighted by atomic mass is 79.9. The number of hydrogen-bond donors (Lipinski definition) is 2. The lowest BCUT2D eigenvalue weighted by Crippen LogP contribution is -2.13. The van der Waals surface area contributed by atoms with Gasteiger partial charge in [0, 0.05) is 10.6 Å². The number of nitrogen functional groups attached to an aromatic ring is 1. The van der Waals surface area contributed by atoms with Gasteiger partial charge in [0.25, 0.3) is 10.0 Å². The Morgan fingerprint density at radius 2 is 2.05 bits per heavy atom. The minimum absolute atomic E-state index is 0.285. The monoisotopic (exact) mass is 374 g/mol. The molecule has 0 saturated heterocycles. The summed E-state index contributed by atoms with van der Waals surface area (Å²) in [5.74, 6) is 0. The lowest BCUT2D eigenvalue weighted by molar-refractivity contribution is 0.601. The van der Waals surface area contributed by atoms with Crippen molar-refractivity contribution in [2.45, 2.75) is 25.2 Å². The van der Waals surface area contributed by atoms with Crippen molar-refractivity contribution in [2.24, 2.45) is 0 Å². The van der Waals surface area contributed by atoms with E-state index < -0.39 is 10.0 Å². The molecule has 2 aromatic rings. The smallest absolute Gasteiger partial charge is 0.263 e. The maximum Gasteiger partial charge on any atom is 0.263 e. The third-order valence-electron chi connectivity index (χ3n) is 2.91. The Balaban J connectivity index is 2.33. The fourth-order valence-corrected chi connectivity index (χ4v) is 5.35. The first-order valence-corrected chi connectivity index (χ1v) is 9.10. The molecule has 7 heteroatoms. The van der Waals surface area contributed by atoms with E-state index in [1.807, 2.05) is 13.0 Å². The van der Waals surface area contributed by atoms with Crippen molar-refractivity contribution in [3.05, 3.63) is 38.5 Å². The summed E-state index contributed by atoms with van der Waals surface area (Å²) in [7, 11) is -3.58. The minimum Gasteiger partial charge on any atom is -0.398 e. The Morgan fingerprint density at radius 1 is 1.35 bits per heavy atom. The van der Waals surface area contributed by atoms with Gasteiger partial charge in [0.1, 0.15) is 4.90 Å². The molecular weight excluding hydrogens is 360 g/mol. The normalized spacial score (nSPS) is 11.6. The summed E-state index contributed by atoms with van der Waals surface area (Å²) in [5.41, 5.74) is 7.95. The van der Waals surface area contributed by atoms with Gasteiger partial charge in [-0.15, -0.1) is 11.3 Å². The van der Waals surface area contributed by atoms with Crippen molar-refractivity contribution in [1.82, 2.24) is 0 Å². The highest BCUT2D eigenvalue weighted by Crippen LogP contribution is 2.31. The van der Waals surface area contributed by atoms with Crippen molar-refractivity contribution in [2.75, 3.05) is 10.5 Å². The second-order valence-electron chi connectivity index (χ2n) is 4.34. The molecule has 0 aliphatic carbocycles. The largest absolute Gasteiger partial charge is 0.398 e. The molecule has 0 aliphatic rings. The van der Waals surface area contributed by atoms with Crippen LogP contribution < -0.4 is 10.5 Å². The maximum absolute atomic E-state index is 12.3. The Hall–Kier alpha value is -1.05. The second-order valence-corrected chi connectivity index (χ2v) is 8.63. The van der Waals surface area contributed by atoms with E-state index in [0.29, 0.717) is 11.4 Å². The molecule has 0 unspecified atom stereocenters. The van der Waals surface area contributed by atoms with Gasteiger partial charge in [0.05, 0.1) is 9.47 Å². The maximum atomic E-state index is 12.3. The van der Waals surface area contributed by atoms with Gasteiger partial charge < -0.3 is 5.73 Å². The number of sulfonamides is 1. The fourth-order valence-electron chi connectivity index (χ4n) is 1.89. The first-order valence-electron chi connectivity index (χ1n) is 6.00. The number of nitrogens with one attached hydrogen (secondary N) is 1. The van der Waals surface area contributed by atoms with Crippen molar-refractivity contribution in [3.8, 4) is 0 Å². The van der Waals surface area contributed by atoms with Crippen LogP contribution in [0.25, 0.3) is 0 Å². The summed E-state index contributed by atoms with van der Waals surface area (Å²) >= 11 is 4.69. The van der Waals surface area contributed by atoms with Crippen LogP contribution in [-0.4, -0.2) is 8.42 Å². The molecule has 0 spiro atoms. The molecule has 0 aliphatic heterocycles. The zero-order valence-corrected chi connectivity index (χ0v) is 14.3. The quantitative estimate of drug-likeness (QED) is 0.800. The Kier molecular flexibility index (Phi) is 4.41. The lowest BCUT2D eigenvalue weighted by Gasteiger charge is -2.10. The predicted octanol–water partition coefficient (Wildman–Crippen LogP) is 3.76. The van der Waals surface area contributed by atoms with Crippen LogP contribution in [0, 0.1) is 6.92 Å². The summed E-state index contributed by atoms with van der Waals surface area (Å²) in [4.78, 5) is 1.02. The third-order valence-corrected chi connectivity index (χ3v) is 6.10. The molecule has 4 nitrogen and oxygen atoms in total. The van der Waals surface area contributed by atoms with Crippen molar-refractivity contribution >= 4 is 48.7 Å². The molecule has 1 aromatic heterocycles. The molecule has 0 fully saturated rings. The average molecular weight is 375 g/mol. The SMILES string of the molecule is CCc1ccc(NS(=O)(=O)c2cc(Br)sc2C)cc1N. The number of thiophene rings is 1. The zero-order chi connectivity index (χ0) is 14.9. The zero-order valence-electron chi connectivity index (χ0n) is 11.1. The molecule has 0 bridgehead atoms. The average Bonchev–Trinajstić information content (AvgIpc) is 2.69. The molecule has 2 rings (SSSR count). The van der Waals surface area contributed by atoms with Gasteiger partial charge in [-0.2, -0.15) is 0 Å². The lowest BCUT2D eigenvalue weighted by atomic mass is 10.1. The number of benzene rings is 1. The molecule has 1 aromatic carbocycles. The molecule has 20 heavy (non-hydrogen) atoms. The molecule has 0 radical (unpaired) electrons. The highest BCUT2D eigenvalue weighted by molar-refractivity contribution is 9.11. The molecule has 0 saturated carbocycles. The number of aryl methyl sites for hydroxylation is 2. The van der Waals surface area contributed by atoms with Gasteiger partial charge in [0.2, 0.25) is 0 Å². The van der Waals surface area contributed by atoms with Crippen LogP contribution in [0.4, 0.5) is 11.4 Å². The van der Waals surface area contributed by atoms with E-state index >= 15 is 0 Å². The number of nitrogens with two attached hydrogens (primary N) is 1. The highest BCUT2D eigenvalue weighted by Gasteiger charge is 2.19. The van der Waals surface area contributed by atoms with Gasteiger partial charge in [0.15, 0.2) is 0 Å². The van der Waals surface area contributed by atoms with E-state index in [2.05, 4.69) is 20.7 Å². The van der Waals surface area contributed by atoms with Gasteiger partial charge in [-0.3, -0.25) is 4.72 Å². The number of anilines is 2. The van der Waals surface area contributed by atoms with Gasteiger partial charge in [-0.05, 0) is 53.0 Å². The Bertz CT molecular complexity index is 739. The molecule has 108 valence electrons. The van der Waals surface area contributed by atoms with E-state index in [4.69, 9.17) is 5.73 Å². The van der Waals surface area contributed by atoms with Gasteiger partial charge in [-0.1, -0.05) is 13.0 Å². The van der Waals surface area contributed by atoms with Gasteiger partial charge in [-0.25, -0.2) is 8.42 Å². The molecule has 3 N–H and O–H groups in total. The molecule has 0 atom stereocenters. The van der Waals surface area contributed by atoms with Crippen LogP contribution in [0.15, 0.2) is 32.9 Å². The first kappa shape index (κ1) is 15.3. The summed E-state index contributed by atoms with van der Waals surface area (Å²) < 4.78 is 28.0. The van der Waals surface area contributed by atoms with Crippen molar-refractivity contribution in [1.29, 1.82) is 0 Å². The van der Waals surface area contributed by atoms with Crippen LogP contribution in [0.1, 0.15) is 17.4 Å². The van der Waals surface area contributed by atoms with E-state index in [-0.39, 0.29) is 4.90 Å². The van der Waals surface area contributed by atoms with E-state index in [1.165, 1.54) is 11.3 Å². The van der Waals surface area contributed by atoms with Crippen LogP contribution in [0.2, 0.25) is 0 Å². The number of halogens is 1. The first-order chi connectivity index (χ1) is 9.33. The Morgan fingerprint density at radius 3 is 2.55 bits per heavy atom. The predicted molar refractivity (Wildman–Crippen MR) is 87.8 cm³/mol. The van der Waals surface area contributed by atoms with Gasteiger partial charge >= 0.3 is 0 Å². The summed E-state index contributed by atoms with van der Waals surface area (Å²) in [6, 6.07) is 6.81. The number of hydrogen-bond acceptors (Lipinski definition) is 4. The van der Waals surface area contributed by atoms with E-state index in [9.17, 15) is 8.42 Å². The molecular formula is C13H15BrN2O2S2. The third kappa shape index (κ3) is 3.16. The van der Waals surface area contributed by atoms with Crippen molar-refractivity contribution in [3.63, 3.8) is 0 Å². The van der Waals surface area contributed by atoms with E-state index in [1.54, 1.807) is 25.1 Å². The number of rotatable bonds is 4. The van der Waals surface area contributed by atoms with Crippen molar-refractivity contribution < 1.29 is 8.42 Å². The van der Waals surface area contributed by atoms with Crippen LogP contribution in [-0.2, 0) is 16.4 Å². The molecule has 0 amide bonds.